The van der Waals surface area contributed by atoms with Crippen LogP contribution >= 0.6 is 0 Å². The Bertz CT molecular complexity index is 1490. The minimum Gasteiger partial charge on any atom is -0.426 e. The lowest BCUT2D eigenvalue weighted by Crippen LogP contribution is -2.24. The number of carbonyl (C=O) groups is 1. The Morgan fingerprint density at radius 2 is 1.65 bits per heavy atom. The molecular formula is C26H25NO6S. The van der Waals surface area contributed by atoms with Gasteiger partial charge < -0.3 is 9.15 Å². The van der Waals surface area contributed by atoms with E-state index in [4.69, 9.17) is 9.15 Å². The molecule has 34 heavy (non-hydrogen) atoms. The van der Waals surface area contributed by atoms with Gasteiger partial charge in [0.05, 0.1) is 10.3 Å². The van der Waals surface area contributed by atoms with E-state index in [1.165, 1.54) is 0 Å². The van der Waals surface area contributed by atoms with E-state index in [2.05, 4.69) is 4.72 Å². The molecule has 0 saturated carbocycles. The number of ether oxygens (including phenoxy) is 1. The van der Waals surface area contributed by atoms with E-state index in [9.17, 15) is 18.0 Å². The van der Waals surface area contributed by atoms with Crippen molar-refractivity contribution >= 4 is 37.7 Å². The highest BCUT2D eigenvalue weighted by molar-refractivity contribution is 7.89. The Labute approximate surface area is 197 Å². The summed E-state index contributed by atoms with van der Waals surface area (Å²) in [4.78, 5) is 24.6. The number of rotatable bonds is 9. The van der Waals surface area contributed by atoms with Gasteiger partial charge in [0.1, 0.15) is 11.3 Å². The van der Waals surface area contributed by atoms with E-state index in [-0.39, 0.29) is 11.3 Å². The molecule has 7 nitrogen and oxygen atoms in total. The zero-order chi connectivity index (χ0) is 24.1. The molecular weight excluding hydrogens is 454 g/mol. The summed E-state index contributed by atoms with van der Waals surface area (Å²) in [7, 11) is -3.53. The maximum atomic E-state index is 12.3. The van der Waals surface area contributed by atoms with E-state index in [1.807, 2.05) is 19.1 Å². The number of benzene rings is 3. The van der Waals surface area contributed by atoms with Gasteiger partial charge in [-0.25, -0.2) is 17.9 Å². The molecule has 0 aliphatic rings. The summed E-state index contributed by atoms with van der Waals surface area (Å²) >= 11 is 0. The second kappa shape index (κ2) is 10.2. The summed E-state index contributed by atoms with van der Waals surface area (Å²) in [6.07, 6.45) is 2.04. The average molecular weight is 480 g/mol. The van der Waals surface area contributed by atoms with Gasteiger partial charge in [0.25, 0.3) is 0 Å². The number of sulfonamides is 1. The van der Waals surface area contributed by atoms with Crippen LogP contribution in [-0.4, -0.2) is 20.9 Å². The third kappa shape index (κ3) is 5.52. The van der Waals surface area contributed by atoms with Gasteiger partial charge in [-0.3, -0.25) is 4.79 Å². The van der Waals surface area contributed by atoms with Gasteiger partial charge >= 0.3 is 11.6 Å². The Morgan fingerprint density at radius 3 is 2.41 bits per heavy atom. The third-order valence-electron chi connectivity index (χ3n) is 5.51. The number of esters is 1. The van der Waals surface area contributed by atoms with Crippen molar-refractivity contribution < 1.29 is 22.4 Å². The first-order chi connectivity index (χ1) is 16.3. The first-order valence-corrected chi connectivity index (χ1v) is 12.5. The summed E-state index contributed by atoms with van der Waals surface area (Å²) in [6.45, 7) is 2.19. The molecule has 4 rings (SSSR count). The molecule has 1 heterocycles. The van der Waals surface area contributed by atoms with Crippen LogP contribution in [0.2, 0.25) is 0 Å². The highest BCUT2D eigenvalue weighted by Crippen LogP contribution is 2.26. The summed E-state index contributed by atoms with van der Waals surface area (Å²) in [5, 5.41) is 2.05. The Balaban J connectivity index is 1.25. The number of nitrogens with one attached hydrogen (secondary N) is 1. The summed E-state index contributed by atoms with van der Waals surface area (Å²) in [5.74, 6) is -0.0930. The van der Waals surface area contributed by atoms with Crippen molar-refractivity contribution in [3.05, 3.63) is 82.7 Å². The van der Waals surface area contributed by atoms with Crippen LogP contribution in [0.3, 0.4) is 0 Å². The van der Waals surface area contributed by atoms with Crippen molar-refractivity contribution in [2.45, 2.75) is 37.5 Å². The second-order valence-electron chi connectivity index (χ2n) is 8.09. The number of hydrogen-bond donors (Lipinski definition) is 1. The fourth-order valence-corrected chi connectivity index (χ4v) is 4.76. The topological polar surface area (TPSA) is 103 Å². The Hall–Kier alpha value is -3.49. The molecule has 176 valence electrons. The SMILES string of the molecule is Cc1ccc(S(=O)(=O)NCCCCCC(=O)Oc2ccc3c(c2)oc(=O)c2ccccc23)cc1. The molecule has 0 atom stereocenters. The standard InChI is InChI=1S/C26H25NO6S/c1-18-10-13-20(14-11-18)34(30,31)27-16-6-2-3-9-25(28)32-19-12-15-22-21-7-4-5-8-23(21)26(29)33-24(22)17-19/h4-5,7-8,10-15,17,27H,2-3,6,9,16H2,1H3. The third-order valence-corrected chi connectivity index (χ3v) is 6.98. The minimum absolute atomic E-state index is 0.199. The molecule has 1 aromatic heterocycles. The Morgan fingerprint density at radius 1 is 0.912 bits per heavy atom. The zero-order valence-electron chi connectivity index (χ0n) is 18.7. The molecule has 0 spiro atoms. The van der Waals surface area contributed by atoms with E-state index >= 15 is 0 Å². The highest BCUT2D eigenvalue weighted by Gasteiger charge is 2.13. The number of carbonyl (C=O) groups excluding carboxylic acids is 1. The largest absolute Gasteiger partial charge is 0.426 e. The predicted octanol–water partition coefficient (Wildman–Crippen LogP) is 4.70. The van der Waals surface area contributed by atoms with Crippen molar-refractivity contribution in [2.75, 3.05) is 6.54 Å². The van der Waals surface area contributed by atoms with Crippen LogP contribution in [0.1, 0.15) is 31.2 Å². The molecule has 4 aromatic rings. The first kappa shape index (κ1) is 23.7. The van der Waals surface area contributed by atoms with E-state index < -0.39 is 21.6 Å². The molecule has 0 aliphatic heterocycles. The molecule has 0 aliphatic carbocycles. The highest BCUT2D eigenvalue weighted by atomic mass is 32.2. The first-order valence-electron chi connectivity index (χ1n) is 11.1. The van der Waals surface area contributed by atoms with Crippen LogP contribution in [0, 0.1) is 6.92 Å². The van der Waals surface area contributed by atoms with Crippen molar-refractivity contribution in [3.8, 4) is 5.75 Å². The van der Waals surface area contributed by atoms with E-state index in [0.717, 1.165) is 16.3 Å². The van der Waals surface area contributed by atoms with E-state index in [1.54, 1.807) is 54.6 Å². The Kier molecular flexibility index (Phi) is 7.09. The van der Waals surface area contributed by atoms with Gasteiger partial charge in [0.15, 0.2) is 0 Å². The normalized spacial score (nSPS) is 11.7. The maximum absolute atomic E-state index is 12.3. The summed E-state index contributed by atoms with van der Waals surface area (Å²) in [5.41, 5.74) is 0.909. The molecule has 0 saturated heterocycles. The maximum Gasteiger partial charge on any atom is 0.344 e. The van der Waals surface area contributed by atoms with Crippen LogP contribution in [0.15, 0.2) is 80.8 Å². The molecule has 8 heteroatoms. The van der Waals surface area contributed by atoms with Gasteiger partial charge in [-0.05, 0) is 55.5 Å². The van der Waals surface area contributed by atoms with Crippen molar-refractivity contribution in [1.82, 2.24) is 4.72 Å². The zero-order valence-corrected chi connectivity index (χ0v) is 19.6. The van der Waals surface area contributed by atoms with Gasteiger partial charge in [-0.15, -0.1) is 0 Å². The monoisotopic (exact) mass is 479 g/mol. The van der Waals surface area contributed by atoms with Crippen LogP contribution < -0.4 is 15.1 Å². The number of hydrogen-bond acceptors (Lipinski definition) is 6. The molecule has 0 unspecified atom stereocenters. The van der Waals surface area contributed by atoms with Crippen LogP contribution in [0.4, 0.5) is 0 Å². The second-order valence-corrected chi connectivity index (χ2v) is 9.86. The predicted molar refractivity (Wildman–Crippen MR) is 130 cm³/mol. The average Bonchev–Trinajstić information content (AvgIpc) is 2.81. The number of unbranched alkanes of at least 4 members (excludes halogenated alkanes) is 2. The fourth-order valence-electron chi connectivity index (χ4n) is 3.68. The van der Waals surface area contributed by atoms with Crippen molar-refractivity contribution in [2.24, 2.45) is 0 Å². The van der Waals surface area contributed by atoms with Crippen LogP contribution in [-0.2, 0) is 14.8 Å². The summed E-state index contributed by atoms with van der Waals surface area (Å²) < 4.78 is 37.9. The van der Waals surface area contributed by atoms with Crippen molar-refractivity contribution in [3.63, 3.8) is 0 Å². The molecule has 0 bridgehead atoms. The lowest BCUT2D eigenvalue weighted by Gasteiger charge is -2.08. The molecule has 0 radical (unpaired) electrons. The summed E-state index contributed by atoms with van der Waals surface area (Å²) in [6, 6.07) is 18.8. The number of fused-ring (bicyclic) bond motifs is 3. The quantitative estimate of drug-likeness (QED) is 0.123. The number of aryl methyl sites for hydroxylation is 1. The van der Waals surface area contributed by atoms with Gasteiger partial charge in [-0.2, -0.15) is 0 Å². The molecule has 3 aromatic carbocycles. The van der Waals surface area contributed by atoms with E-state index in [0.29, 0.717) is 42.5 Å². The molecule has 0 fully saturated rings. The fraction of sp³-hybridized carbons (Fsp3) is 0.231. The molecule has 0 amide bonds. The lowest BCUT2D eigenvalue weighted by molar-refractivity contribution is -0.134. The minimum atomic E-state index is -3.53. The van der Waals surface area contributed by atoms with Crippen LogP contribution in [0.25, 0.3) is 21.7 Å². The molecule has 1 N–H and O–H groups in total. The van der Waals surface area contributed by atoms with Crippen molar-refractivity contribution in [1.29, 1.82) is 0 Å². The van der Waals surface area contributed by atoms with Gasteiger partial charge in [-0.1, -0.05) is 42.3 Å². The van der Waals surface area contributed by atoms with Gasteiger partial charge in [0.2, 0.25) is 10.0 Å². The van der Waals surface area contributed by atoms with Gasteiger partial charge in [0, 0.05) is 24.4 Å². The smallest absolute Gasteiger partial charge is 0.344 e. The lowest BCUT2D eigenvalue weighted by atomic mass is 10.1. The van der Waals surface area contributed by atoms with Crippen LogP contribution in [0.5, 0.6) is 5.75 Å².